The lowest BCUT2D eigenvalue weighted by atomic mass is 9.77. The molecule has 4 amide bonds. The maximum atomic E-state index is 12.7. The van der Waals surface area contributed by atoms with Crippen molar-refractivity contribution in [2.75, 3.05) is 6.54 Å². The Morgan fingerprint density at radius 3 is 2.57 bits per heavy atom. The van der Waals surface area contributed by atoms with Gasteiger partial charge in [0, 0.05) is 18.4 Å². The zero-order chi connectivity index (χ0) is 21.8. The minimum atomic E-state index is -3.72. The van der Waals surface area contributed by atoms with Crippen molar-refractivity contribution in [1.29, 1.82) is 0 Å². The molecular weight excluding hydrogens is 408 g/mol. The summed E-state index contributed by atoms with van der Waals surface area (Å²) in [5, 5.41) is 4.44. The quantitative estimate of drug-likeness (QED) is 0.561. The van der Waals surface area contributed by atoms with Gasteiger partial charge in [-0.05, 0) is 43.2 Å². The second-order valence-corrected chi connectivity index (χ2v) is 9.42. The van der Waals surface area contributed by atoms with Crippen LogP contribution in [-0.4, -0.2) is 43.4 Å². The van der Waals surface area contributed by atoms with Crippen molar-refractivity contribution in [3.05, 3.63) is 41.3 Å². The highest BCUT2D eigenvalue weighted by atomic mass is 32.2. The van der Waals surface area contributed by atoms with Crippen LogP contribution in [-0.2, 0) is 19.6 Å². The number of sulfonamides is 1. The number of amides is 4. The van der Waals surface area contributed by atoms with Gasteiger partial charge >= 0.3 is 6.03 Å². The molecule has 2 aliphatic rings. The van der Waals surface area contributed by atoms with Crippen LogP contribution in [0.3, 0.4) is 0 Å². The van der Waals surface area contributed by atoms with Gasteiger partial charge in [-0.3, -0.25) is 15.0 Å². The van der Waals surface area contributed by atoms with Crippen molar-refractivity contribution in [3.8, 4) is 0 Å². The summed E-state index contributed by atoms with van der Waals surface area (Å²) in [6.45, 7) is 1.93. The van der Waals surface area contributed by atoms with Gasteiger partial charge in [0.25, 0.3) is 5.91 Å². The molecule has 1 aromatic carbocycles. The maximum absolute atomic E-state index is 12.7. The largest absolute Gasteiger partial charge is 0.344 e. The molecule has 0 bridgehead atoms. The molecular formula is C20H26N4O5S. The molecule has 30 heavy (non-hydrogen) atoms. The Kier molecular flexibility index (Phi) is 6.57. The van der Waals surface area contributed by atoms with E-state index in [2.05, 4.69) is 22.4 Å². The van der Waals surface area contributed by atoms with E-state index < -0.39 is 33.4 Å². The third kappa shape index (κ3) is 5.25. The van der Waals surface area contributed by atoms with Crippen LogP contribution < -0.4 is 15.5 Å². The highest BCUT2D eigenvalue weighted by Crippen LogP contribution is 2.35. The average Bonchev–Trinajstić information content (AvgIpc) is 2.94. The lowest BCUT2D eigenvalue weighted by molar-refractivity contribution is -0.140. The summed E-state index contributed by atoms with van der Waals surface area (Å²) in [5.74, 6) is -0.596. The normalized spacial score (nSPS) is 24.4. The molecule has 1 saturated heterocycles. The van der Waals surface area contributed by atoms with Gasteiger partial charge in [-0.25, -0.2) is 17.9 Å². The van der Waals surface area contributed by atoms with Crippen molar-refractivity contribution in [2.45, 2.75) is 44.6 Å². The van der Waals surface area contributed by atoms with Crippen molar-refractivity contribution in [2.24, 2.45) is 5.92 Å². The van der Waals surface area contributed by atoms with Gasteiger partial charge in [0.05, 0.1) is 0 Å². The Bertz CT molecular complexity index is 937. The Morgan fingerprint density at radius 2 is 1.90 bits per heavy atom. The molecule has 0 atom stereocenters. The first-order chi connectivity index (χ1) is 14.2. The van der Waals surface area contributed by atoms with Crippen LogP contribution in [0.5, 0.6) is 0 Å². The summed E-state index contributed by atoms with van der Waals surface area (Å²) in [6.07, 6.45) is 3.95. The van der Waals surface area contributed by atoms with Crippen LogP contribution >= 0.6 is 0 Å². The summed E-state index contributed by atoms with van der Waals surface area (Å²) in [5.41, 5.74) is 2.07. The zero-order valence-corrected chi connectivity index (χ0v) is 17.6. The number of hydrazine groups is 1. The Labute approximate surface area is 175 Å². The molecule has 1 saturated carbocycles. The van der Waals surface area contributed by atoms with Crippen LogP contribution in [0.25, 0.3) is 6.08 Å². The first-order valence-corrected chi connectivity index (χ1v) is 11.4. The van der Waals surface area contributed by atoms with Crippen LogP contribution in [0.15, 0.2) is 35.7 Å². The van der Waals surface area contributed by atoms with Crippen LogP contribution in [0.4, 0.5) is 4.79 Å². The van der Waals surface area contributed by atoms with Crippen molar-refractivity contribution in [1.82, 2.24) is 20.5 Å². The molecule has 0 unspecified atom stereocenters. The number of rotatable bonds is 7. The number of carbonyl (C=O) groups excluding carboxylic acids is 3. The summed E-state index contributed by atoms with van der Waals surface area (Å²) >= 11 is 0. The molecule has 3 rings (SSSR count). The first-order valence-electron chi connectivity index (χ1n) is 9.90. The molecule has 0 radical (unpaired) electrons. The minimum Gasteiger partial charge on any atom is -0.322 e. The number of nitrogens with zero attached hydrogens (tertiary/aromatic N) is 1. The summed E-state index contributed by atoms with van der Waals surface area (Å²) in [7, 11) is -3.72. The van der Waals surface area contributed by atoms with Gasteiger partial charge in [-0.15, -0.1) is 0 Å². The number of benzene rings is 1. The van der Waals surface area contributed by atoms with E-state index in [0.717, 1.165) is 23.8 Å². The standard InChI is InChI=1S/C20H26N4O5S/c1-15-7-11-20(12-8-15)18(26)24(19(27)22-20)23-17(25)9-13-21-30(28,29)14-10-16-5-3-2-4-6-16/h2-6,10,14-15,21H,7-9,11-13H2,1H3,(H,22,27)(H,23,25)/b14-10+. The van der Waals surface area contributed by atoms with Gasteiger partial charge in [0.2, 0.25) is 15.9 Å². The molecule has 0 aromatic heterocycles. The number of urea groups is 1. The topological polar surface area (TPSA) is 125 Å². The smallest absolute Gasteiger partial charge is 0.322 e. The number of nitrogens with one attached hydrogen (secondary N) is 3. The highest BCUT2D eigenvalue weighted by molar-refractivity contribution is 7.92. The Morgan fingerprint density at radius 1 is 1.23 bits per heavy atom. The SMILES string of the molecule is CC1CCC2(CC1)NC(=O)N(NC(=O)CCNS(=O)(=O)/C=C/c1ccccc1)C2=O. The van der Waals surface area contributed by atoms with E-state index in [9.17, 15) is 22.8 Å². The average molecular weight is 435 g/mol. The lowest BCUT2D eigenvalue weighted by Crippen LogP contribution is -2.51. The minimum absolute atomic E-state index is 0.167. The number of hydrogen-bond donors (Lipinski definition) is 3. The van der Waals surface area contributed by atoms with E-state index in [1.165, 1.54) is 6.08 Å². The monoisotopic (exact) mass is 434 g/mol. The van der Waals surface area contributed by atoms with E-state index in [0.29, 0.717) is 23.8 Å². The third-order valence-electron chi connectivity index (χ3n) is 5.42. The van der Waals surface area contributed by atoms with Crippen LogP contribution in [0, 0.1) is 5.92 Å². The molecule has 1 spiro atoms. The van der Waals surface area contributed by atoms with E-state index in [1.54, 1.807) is 24.3 Å². The number of imide groups is 1. The Hall–Kier alpha value is -2.72. The molecule has 162 valence electrons. The van der Waals surface area contributed by atoms with Crippen molar-refractivity contribution in [3.63, 3.8) is 0 Å². The van der Waals surface area contributed by atoms with Gasteiger partial charge in [-0.1, -0.05) is 37.3 Å². The molecule has 3 N–H and O–H groups in total. The molecule has 1 aliphatic heterocycles. The molecule has 10 heteroatoms. The fourth-order valence-electron chi connectivity index (χ4n) is 3.58. The second kappa shape index (κ2) is 8.97. The van der Waals surface area contributed by atoms with Crippen molar-refractivity contribution >= 4 is 33.9 Å². The predicted molar refractivity (Wildman–Crippen MR) is 111 cm³/mol. The van der Waals surface area contributed by atoms with Gasteiger partial charge < -0.3 is 5.32 Å². The Balaban J connectivity index is 1.48. The van der Waals surface area contributed by atoms with Gasteiger partial charge in [-0.2, -0.15) is 5.01 Å². The molecule has 1 heterocycles. The summed E-state index contributed by atoms with van der Waals surface area (Å²) in [6, 6.07) is 8.27. The number of hydrogen-bond acceptors (Lipinski definition) is 5. The second-order valence-electron chi connectivity index (χ2n) is 7.77. The predicted octanol–water partition coefficient (Wildman–Crippen LogP) is 1.50. The van der Waals surface area contributed by atoms with Gasteiger partial charge in [0.1, 0.15) is 5.54 Å². The van der Waals surface area contributed by atoms with Crippen LogP contribution in [0.1, 0.15) is 44.6 Å². The van der Waals surface area contributed by atoms with Crippen LogP contribution in [0.2, 0.25) is 0 Å². The fraction of sp³-hybridized carbons (Fsp3) is 0.450. The third-order valence-corrected chi connectivity index (χ3v) is 6.52. The molecule has 9 nitrogen and oxygen atoms in total. The van der Waals surface area contributed by atoms with E-state index >= 15 is 0 Å². The van der Waals surface area contributed by atoms with E-state index in [-0.39, 0.29) is 13.0 Å². The summed E-state index contributed by atoms with van der Waals surface area (Å²) in [4.78, 5) is 37.0. The van der Waals surface area contributed by atoms with E-state index in [1.807, 2.05) is 6.07 Å². The van der Waals surface area contributed by atoms with Crippen molar-refractivity contribution < 1.29 is 22.8 Å². The number of carbonyl (C=O) groups is 3. The molecule has 1 aromatic rings. The molecule has 1 aliphatic carbocycles. The fourth-order valence-corrected chi connectivity index (χ4v) is 4.40. The molecule has 2 fully saturated rings. The highest BCUT2D eigenvalue weighted by Gasteiger charge is 2.52. The zero-order valence-electron chi connectivity index (χ0n) is 16.8. The lowest BCUT2D eigenvalue weighted by Gasteiger charge is -2.33. The maximum Gasteiger partial charge on any atom is 0.344 e. The van der Waals surface area contributed by atoms with E-state index in [4.69, 9.17) is 0 Å². The summed E-state index contributed by atoms with van der Waals surface area (Å²) < 4.78 is 26.3. The van der Waals surface area contributed by atoms with Gasteiger partial charge in [0.15, 0.2) is 0 Å². The first kappa shape index (κ1) is 22.0.